The number of hydrogen-bond acceptors (Lipinski definition) is 2. The summed E-state index contributed by atoms with van der Waals surface area (Å²) < 4.78 is 0. The Balaban J connectivity index is 2.27. The molecule has 0 unspecified atom stereocenters. The normalized spacial score (nSPS) is 23.2. The minimum Gasteiger partial charge on any atom is -0.478 e. The summed E-state index contributed by atoms with van der Waals surface area (Å²) in [7, 11) is 0. The van der Waals surface area contributed by atoms with Crippen LogP contribution in [0.1, 0.15) is 41.0 Å². The first-order chi connectivity index (χ1) is 8.99. The second kappa shape index (κ2) is 5.43. The molecule has 1 aromatic carbocycles. The number of carboxylic acids is 1. The summed E-state index contributed by atoms with van der Waals surface area (Å²) in [5.41, 5.74) is 0.370. The van der Waals surface area contributed by atoms with E-state index < -0.39 is 5.97 Å². The van der Waals surface area contributed by atoms with E-state index in [0.717, 1.165) is 6.42 Å². The molecular formula is C15H19NO3. The van der Waals surface area contributed by atoms with E-state index in [9.17, 15) is 9.59 Å². The summed E-state index contributed by atoms with van der Waals surface area (Å²) in [6, 6.07) is 6.42. The van der Waals surface area contributed by atoms with E-state index in [-0.39, 0.29) is 17.0 Å². The number of piperidine rings is 1. The Bertz CT molecular complexity index is 488. The zero-order valence-corrected chi connectivity index (χ0v) is 11.3. The summed E-state index contributed by atoms with van der Waals surface area (Å²) >= 11 is 0. The van der Waals surface area contributed by atoms with Gasteiger partial charge < -0.3 is 10.0 Å². The van der Waals surface area contributed by atoms with Gasteiger partial charge in [0, 0.05) is 13.1 Å². The Morgan fingerprint density at radius 3 is 2.16 bits per heavy atom. The zero-order valence-electron chi connectivity index (χ0n) is 11.3. The molecule has 4 nitrogen and oxygen atoms in total. The summed E-state index contributed by atoms with van der Waals surface area (Å²) in [5, 5.41) is 9.15. The number of aromatic carboxylic acids is 1. The lowest BCUT2D eigenvalue weighted by Gasteiger charge is -2.35. The first-order valence-corrected chi connectivity index (χ1v) is 6.60. The molecule has 0 saturated carbocycles. The van der Waals surface area contributed by atoms with Crippen molar-refractivity contribution >= 4 is 11.9 Å². The van der Waals surface area contributed by atoms with Crippen LogP contribution in [0.5, 0.6) is 0 Å². The molecule has 1 aliphatic rings. The highest BCUT2D eigenvalue weighted by Crippen LogP contribution is 2.23. The van der Waals surface area contributed by atoms with E-state index in [1.54, 1.807) is 23.1 Å². The number of benzene rings is 1. The Morgan fingerprint density at radius 2 is 1.63 bits per heavy atom. The van der Waals surface area contributed by atoms with Gasteiger partial charge in [-0.25, -0.2) is 4.79 Å². The quantitative estimate of drug-likeness (QED) is 0.889. The number of nitrogens with zero attached hydrogens (tertiary/aromatic N) is 1. The fraction of sp³-hybridized carbons (Fsp3) is 0.467. The van der Waals surface area contributed by atoms with Crippen molar-refractivity contribution in [1.29, 1.82) is 0 Å². The van der Waals surface area contributed by atoms with Gasteiger partial charge in [0.05, 0.1) is 11.1 Å². The monoisotopic (exact) mass is 261 g/mol. The number of carboxylic acid groups (broad SMARTS) is 1. The number of carbonyl (C=O) groups excluding carboxylic acids is 1. The first-order valence-electron chi connectivity index (χ1n) is 6.60. The van der Waals surface area contributed by atoms with Crippen LogP contribution in [0.15, 0.2) is 24.3 Å². The maximum absolute atomic E-state index is 12.5. The number of hydrogen-bond donors (Lipinski definition) is 1. The summed E-state index contributed by atoms with van der Waals surface area (Å²) in [6.07, 6.45) is 1.12. The molecule has 1 amide bonds. The van der Waals surface area contributed by atoms with Crippen molar-refractivity contribution in [3.05, 3.63) is 35.4 Å². The van der Waals surface area contributed by atoms with Crippen LogP contribution in [-0.4, -0.2) is 35.0 Å². The Kier molecular flexibility index (Phi) is 3.88. The van der Waals surface area contributed by atoms with Gasteiger partial charge in [0.25, 0.3) is 5.91 Å². The smallest absolute Gasteiger partial charge is 0.336 e. The molecule has 102 valence electrons. The van der Waals surface area contributed by atoms with Gasteiger partial charge in [-0.05, 0) is 30.4 Å². The summed E-state index contributed by atoms with van der Waals surface area (Å²) in [4.78, 5) is 25.4. The maximum Gasteiger partial charge on any atom is 0.336 e. The van der Waals surface area contributed by atoms with Gasteiger partial charge in [0.15, 0.2) is 0 Å². The van der Waals surface area contributed by atoms with Gasteiger partial charge in [-0.15, -0.1) is 0 Å². The average molecular weight is 261 g/mol. The predicted octanol–water partition coefficient (Wildman–Crippen LogP) is 2.50. The molecule has 1 aliphatic heterocycles. The molecule has 0 aliphatic carbocycles. The first kappa shape index (κ1) is 13.6. The van der Waals surface area contributed by atoms with Crippen molar-refractivity contribution in [3.8, 4) is 0 Å². The molecule has 1 fully saturated rings. The molecule has 4 heteroatoms. The molecule has 2 rings (SSSR count). The van der Waals surface area contributed by atoms with Gasteiger partial charge in [0.2, 0.25) is 0 Å². The van der Waals surface area contributed by atoms with Gasteiger partial charge in [0.1, 0.15) is 0 Å². The number of amides is 1. The molecule has 1 aromatic rings. The molecule has 1 saturated heterocycles. The number of likely N-dealkylation sites (tertiary alicyclic amines) is 1. The van der Waals surface area contributed by atoms with E-state index >= 15 is 0 Å². The second-order valence-electron chi connectivity index (χ2n) is 5.51. The topological polar surface area (TPSA) is 57.6 Å². The van der Waals surface area contributed by atoms with Crippen LogP contribution < -0.4 is 0 Å². The Hall–Kier alpha value is -1.84. The van der Waals surface area contributed by atoms with Crippen LogP contribution in [-0.2, 0) is 0 Å². The number of carbonyl (C=O) groups is 2. The van der Waals surface area contributed by atoms with E-state index in [2.05, 4.69) is 13.8 Å². The fourth-order valence-corrected chi connectivity index (χ4v) is 2.86. The molecule has 1 heterocycles. The summed E-state index contributed by atoms with van der Waals surface area (Å²) in [6.45, 7) is 5.66. The van der Waals surface area contributed by atoms with Crippen LogP contribution in [0.2, 0.25) is 0 Å². The third-order valence-corrected chi connectivity index (χ3v) is 3.54. The van der Waals surface area contributed by atoms with Crippen molar-refractivity contribution in [2.45, 2.75) is 20.3 Å². The van der Waals surface area contributed by atoms with Gasteiger partial charge in [-0.2, -0.15) is 0 Å². The molecule has 19 heavy (non-hydrogen) atoms. The predicted molar refractivity (Wildman–Crippen MR) is 72.2 cm³/mol. The zero-order chi connectivity index (χ0) is 14.0. The standard InChI is InChI=1S/C15H19NO3/c1-10-7-11(2)9-16(8-10)14(17)12-5-3-4-6-13(12)15(18)19/h3-6,10-11H,7-9H2,1-2H3,(H,18,19)/t10-,11+. The van der Waals surface area contributed by atoms with Gasteiger partial charge in [-0.1, -0.05) is 26.0 Å². The van der Waals surface area contributed by atoms with E-state index in [1.807, 2.05) is 0 Å². The van der Waals surface area contributed by atoms with Crippen LogP contribution in [0.3, 0.4) is 0 Å². The molecule has 0 spiro atoms. The molecular weight excluding hydrogens is 242 g/mol. The van der Waals surface area contributed by atoms with Crippen LogP contribution in [0.25, 0.3) is 0 Å². The third kappa shape index (κ3) is 2.95. The fourth-order valence-electron chi connectivity index (χ4n) is 2.86. The second-order valence-corrected chi connectivity index (χ2v) is 5.51. The van der Waals surface area contributed by atoms with Crippen LogP contribution in [0, 0.1) is 11.8 Å². The highest BCUT2D eigenvalue weighted by Gasteiger charge is 2.28. The lowest BCUT2D eigenvalue weighted by Crippen LogP contribution is -2.43. The lowest BCUT2D eigenvalue weighted by molar-refractivity contribution is 0.0605. The van der Waals surface area contributed by atoms with Crippen molar-refractivity contribution in [1.82, 2.24) is 4.90 Å². The lowest BCUT2D eigenvalue weighted by atomic mass is 9.91. The molecule has 0 radical (unpaired) electrons. The van der Waals surface area contributed by atoms with Crippen molar-refractivity contribution in [2.75, 3.05) is 13.1 Å². The van der Waals surface area contributed by atoms with Crippen LogP contribution in [0.4, 0.5) is 0 Å². The maximum atomic E-state index is 12.5. The van der Waals surface area contributed by atoms with Crippen molar-refractivity contribution in [2.24, 2.45) is 11.8 Å². The average Bonchev–Trinajstić information content (AvgIpc) is 2.36. The molecule has 0 bridgehead atoms. The number of rotatable bonds is 2. The SMILES string of the molecule is C[C@@H]1C[C@H](C)CN(C(=O)c2ccccc2C(=O)O)C1. The highest BCUT2D eigenvalue weighted by molar-refractivity contribution is 6.04. The van der Waals surface area contributed by atoms with E-state index in [4.69, 9.17) is 5.11 Å². The van der Waals surface area contributed by atoms with Crippen molar-refractivity contribution in [3.63, 3.8) is 0 Å². The minimum atomic E-state index is -1.05. The van der Waals surface area contributed by atoms with Crippen LogP contribution >= 0.6 is 0 Å². The van der Waals surface area contributed by atoms with Gasteiger partial charge >= 0.3 is 5.97 Å². The van der Waals surface area contributed by atoms with E-state index in [1.165, 1.54) is 6.07 Å². The minimum absolute atomic E-state index is 0.0818. The molecule has 2 atom stereocenters. The Labute approximate surface area is 113 Å². The third-order valence-electron chi connectivity index (χ3n) is 3.54. The largest absolute Gasteiger partial charge is 0.478 e. The van der Waals surface area contributed by atoms with E-state index in [0.29, 0.717) is 24.9 Å². The summed E-state index contributed by atoms with van der Waals surface area (Å²) in [5.74, 6) is -0.298. The van der Waals surface area contributed by atoms with Crippen molar-refractivity contribution < 1.29 is 14.7 Å². The Morgan fingerprint density at radius 1 is 1.11 bits per heavy atom. The highest BCUT2D eigenvalue weighted by atomic mass is 16.4. The molecule has 0 aromatic heterocycles. The molecule has 1 N–H and O–H groups in total. The van der Waals surface area contributed by atoms with Gasteiger partial charge in [-0.3, -0.25) is 4.79 Å².